The summed E-state index contributed by atoms with van der Waals surface area (Å²) in [5, 5.41) is 3.73. The summed E-state index contributed by atoms with van der Waals surface area (Å²) >= 11 is 5.83. The van der Waals surface area contributed by atoms with Crippen LogP contribution < -0.4 is 5.32 Å². The first-order chi connectivity index (χ1) is 13.4. The second-order valence-electron chi connectivity index (χ2n) is 6.75. The van der Waals surface area contributed by atoms with E-state index in [9.17, 15) is 13.2 Å². The first-order valence-electron chi connectivity index (χ1n) is 9.20. The highest BCUT2D eigenvalue weighted by molar-refractivity contribution is 7.89. The summed E-state index contributed by atoms with van der Waals surface area (Å²) in [6.45, 7) is 3.56. The summed E-state index contributed by atoms with van der Waals surface area (Å²) in [5.41, 5.74) is 1.12. The molecule has 1 aliphatic rings. The number of hydrogen-bond acceptors (Lipinski definition) is 4. The maximum atomic E-state index is 12.7. The van der Waals surface area contributed by atoms with Gasteiger partial charge in [-0.25, -0.2) is 8.42 Å². The first-order valence-corrected chi connectivity index (χ1v) is 11.0. The number of benzene rings is 2. The Morgan fingerprint density at radius 3 is 2.25 bits per heavy atom. The third-order valence-corrected chi connectivity index (χ3v) is 7.07. The van der Waals surface area contributed by atoms with Gasteiger partial charge in [0.1, 0.15) is 0 Å². The van der Waals surface area contributed by atoms with E-state index < -0.39 is 10.0 Å². The molecule has 1 saturated heterocycles. The number of nitrogens with one attached hydrogen (secondary N) is 1. The zero-order chi connectivity index (χ0) is 20.1. The minimum atomic E-state index is -3.57. The van der Waals surface area contributed by atoms with Crippen LogP contribution in [0, 0.1) is 0 Å². The summed E-state index contributed by atoms with van der Waals surface area (Å²) < 4.78 is 26.8. The van der Waals surface area contributed by atoms with Crippen molar-refractivity contribution in [1.82, 2.24) is 14.5 Å². The molecule has 6 nitrogen and oxygen atoms in total. The van der Waals surface area contributed by atoms with Crippen LogP contribution in [-0.4, -0.2) is 56.3 Å². The van der Waals surface area contributed by atoms with Crippen molar-refractivity contribution in [2.75, 3.05) is 32.7 Å². The van der Waals surface area contributed by atoms with E-state index >= 15 is 0 Å². The number of piperazine rings is 1. The molecule has 1 heterocycles. The predicted octanol–water partition coefficient (Wildman–Crippen LogP) is 2.52. The predicted molar refractivity (Wildman–Crippen MR) is 110 cm³/mol. The zero-order valence-corrected chi connectivity index (χ0v) is 17.3. The molecular weight excluding hydrogens is 398 g/mol. The third kappa shape index (κ3) is 4.91. The molecule has 8 heteroatoms. The Kier molecular flexibility index (Phi) is 6.72. The Labute approximate surface area is 171 Å². The van der Waals surface area contributed by atoms with Gasteiger partial charge in [0.15, 0.2) is 0 Å². The molecular formula is C20H24ClN3O3S. The van der Waals surface area contributed by atoms with Crippen LogP contribution in [0.3, 0.4) is 0 Å². The average Bonchev–Trinajstić information content (AvgIpc) is 2.73. The molecule has 0 saturated carbocycles. The Hall–Kier alpha value is -1.93. The van der Waals surface area contributed by atoms with E-state index in [1.165, 1.54) is 16.4 Å². The van der Waals surface area contributed by atoms with Gasteiger partial charge in [-0.2, -0.15) is 4.31 Å². The molecule has 0 unspecified atom stereocenters. The number of nitrogens with zero attached hydrogens (tertiary/aromatic N) is 2. The normalized spacial score (nSPS) is 16.7. The molecule has 28 heavy (non-hydrogen) atoms. The van der Waals surface area contributed by atoms with Gasteiger partial charge in [-0.3, -0.25) is 4.79 Å². The van der Waals surface area contributed by atoms with Crippen molar-refractivity contribution < 1.29 is 13.2 Å². The molecule has 0 spiro atoms. The fourth-order valence-electron chi connectivity index (χ4n) is 3.15. The van der Waals surface area contributed by atoms with Gasteiger partial charge in [0, 0.05) is 37.2 Å². The first kappa shape index (κ1) is 20.8. The van der Waals surface area contributed by atoms with Gasteiger partial charge in [-0.15, -0.1) is 0 Å². The van der Waals surface area contributed by atoms with E-state index in [1.807, 2.05) is 37.3 Å². The molecule has 2 aromatic rings. The third-order valence-electron chi connectivity index (χ3n) is 4.90. The number of amides is 1. The van der Waals surface area contributed by atoms with Crippen LogP contribution in [0.25, 0.3) is 0 Å². The molecule has 0 radical (unpaired) electrons. The fourth-order valence-corrected chi connectivity index (χ4v) is 4.69. The van der Waals surface area contributed by atoms with Crippen molar-refractivity contribution in [2.45, 2.75) is 17.9 Å². The number of rotatable bonds is 6. The van der Waals surface area contributed by atoms with Gasteiger partial charge >= 0.3 is 0 Å². The summed E-state index contributed by atoms with van der Waals surface area (Å²) in [7, 11) is -3.57. The van der Waals surface area contributed by atoms with Crippen LogP contribution in [0.1, 0.15) is 18.5 Å². The Balaban J connectivity index is 1.52. The van der Waals surface area contributed by atoms with E-state index in [0.29, 0.717) is 18.1 Å². The van der Waals surface area contributed by atoms with Gasteiger partial charge in [0.2, 0.25) is 15.9 Å². The van der Waals surface area contributed by atoms with Crippen molar-refractivity contribution in [3.8, 4) is 0 Å². The van der Waals surface area contributed by atoms with Crippen LogP contribution in [0.4, 0.5) is 0 Å². The van der Waals surface area contributed by atoms with Crippen molar-refractivity contribution in [2.24, 2.45) is 0 Å². The average molecular weight is 422 g/mol. The number of carbonyl (C=O) groups is 1. The lowest BCUT2D eigenvalue weighted by Crippen LogP contribution is -2.52. The highest BCUT2D eigenvalue weighted by Gasteiger charge is 2.30. The standard InChI is InChI=1S/C20H24ClN3O3S/c1-16(17-5-3-2-4-6-17)22-15-20(25)23-11-13-24(14-12-23)28(26,27)19-9-7-18(21)8-10-19/h2-10,16,22H,11-15H2,1H3/t16-/m1/s1. The smallest absolute Gasteiger partial charge is 0.243 e. The zero-order valence-electron chi connectivity index (χ0n) is 15.7. The Morgan fingerprint density at radius 1 is 1.04 bits per heavy atom. The number of sulfonamides is 1. The molecule has 150 valence electrons. The highest BCUT2D eigenvalue weighted by Crippen LogP contribution is 2.20. The maximum Gasteiger partial charge on any atom is 0.243 e. The van der Waals surface area contributed by atoms with Crippen LogP contribution in [0.5, 0.6) is 0 Å². The van der Waals surface area contributed by atoms with Crippen LogP contribution in [0.2, 0.25) is 5.02 Å². The van der Waals surface area contributed by atoms with E-state index in [4.69, 9.17) is 11.6 Å². The topological polar surface area (TPSA) is 69.7 Å². The molecule has 3 rings (SSSR count). The number of halogens is 1. The molecule has 1 N–H and O–H groups in total. The molecule has 1 atom stereocenters. The van der Waals surface area contributed by atoms with Gasteiger partial charge in [-0.1, -0.05) is 41.9 Å². The molecule has 1 fully saturated rings. The number of hydrogen-bond donors (Lipinski definition) is 1. The van der Waals surface area contributed by atoms with Crippen LogP contribution in [0.15, 0.2) is 59.5 Å². The summed E-state index contributed by atoms with van der Waals surface area (Å²) in [5.74, 6) is -0.0219. The lowest BCUT2D eigenvalue weighted by molar-refractivity contribution is -0.131. The minimum Gasteiger partial charge on any atom is -0.339 e. The van der Waals surface area contributed by atoms with Crippen LogP contribution in [-0.2, 0) is 14.8 Å². The Morgan fingerprint density at radius 2 is 1.64 bits per heavy atom. The Bertz CT molecular complexity index is 896. The van der Waals surface area contributed by atoms with E-state index in [1.54, 1.807) is 17.0 Å². The molecule has 1 aliphatic heterocycles. The number of carbonyl (C=O) groups excluding carboxylic acids is 1. The second-order valence-corrected chi connectivity index (χ2v) is 9.13. The minimum absolute atomic E-state index is 0.0219. The lowest BCUT2D eigenvalue weighted by atomic mass is 10.1. The van der Waals surface area contributed by atoms with E-state index in [-0.39, 0.29) is 36.5 Å². The van der Waals surface area contributed by atoms with Crippen molar-refractivity contribution >= 4 is 27.5 Å². The van der Waals surface area contributed by atoms with Gasteiger partial charge in [0.05, 0.1) is 11.4 Å². The van der Waals surface area contributed by atoms with E-state index in [0.717, 1.165) is 5.56 Å². The van der Waals surface area contributed by atoms with Crippen molar-refractivity contribution in [1.29, 1.82) is 0 Å². The molecule has 0 aliphatic carbocycles. The fraction of sp³-hybridized carbons (Fsp3) is 0.350. The van der Waals surface area contributed by atoms with Crippen LogP contribution >= 0.6 is 11.6 Å². The monoisotopic (exact) mass is 421 g/mol. The molecule has 0 bridgehead atoms. The van der Waals surface area contributed by atoms with Gasteiger partial charge in [0.25, 0.3) is 0 Å². The van der Waals surface area contributed by atoms with Crippen molar-refractivity contribution in [3.05, 3.63) is 65.2 Å². The van der Waals surface area contributed by atoms with Crippen molar-refractivity contribution in [3.63, 3.8) is 0 Å². The quantitative estimate of drug-likeness (QED) is 0.778. The van der Waals surface area contributed by atoms with Gasteiger partial charge in [-0.05, 0) is 36.8 Å². The lowest BCUT2D eigenvalue weighted by Gasteiger charge is -2.34. The highest BCUT2D eigenvalue weighted by atomic mass is 35.5. The molecule has 0 aromatic heterocycles. The SMILES string of the molecule is C[C@@H](NCC(=O)N1CCN(S(=O)(=O)c2ccc(Cl)cc2)CC1)c1ccccc1. The van der Waals surface area contributed by atoms with E-state index in [2.05, 4.69) is 5.32 Å². The van der Waals surface area contributed by atoms with Gasteiger partial charge < -0.3 is 10.2 Å². The summed E-state index contributed by atoms with van der Waals surface area (Å²) in [4.78, 5) is 14.4. The maximum absolute atomic E-state index is 12.7. The summed E-state index contributed by atoms with van der Waals surface area (Å²) in [6.07, 6.45) is 0. The molecule has 1 amide bonds. The largest absolute Gasteiger partial charge is 0.339 e. The summed E-state index contributed by atoms with van der Waals surface area (Å²) in [6, 6.07) is 16.1. The second kappa shape index (κ2) is 9.05. The molecule has 2 aromatic carbocycles.